The van der Waals surface area contributed by atoms with Crippen LogP contribution in [0.15, 0.2) is 42.5 Å². The Bertz CT molecular complexity index is 983. The lowest BCUT2D eigenvalue weighted by Gasteiger charge is -2.19. The normalized spacial score (nSPS) is 15.5. The van der Waals surface area contributed by atoms with Crippen LogP contribution in [0.2, 0.25) is 0 Å². The molecule has 7 heteroatoms. The van der Waals surface area contributed by atoms with E-state index in [1.807, 2.05) is 18.2 Å². The SMILES string of the molecule is COc1ccc(C2CC(=O)N(c3cccc(C(N)=O)c3)C2)c(OCCCCCC#N)c1. The number of rotatable bonds is 10. The molecule has 0 saturated carbocycles. The second kappa shape index (κ2) is 10.5. The quantitative estimate of drug-likeness (QED) is 0.588. The fourth-order valence-electron chi connectivity index (χ4n) is 3.76. The lowest BCUT2D eigenvalue weighted by atomic mass is 9.97. The molecule has 1 atom stereocenters. The topological polar surface area (TPSA) is 106 Å². The van der Waals surface area contributed by atoms with Crippen LogP contribution in [0.5, 0.6) is 11.5 Å². The summed E-state index contributed by atoms with van der Waals surface area (Å²) in [6, 6.07) is 14.6. The number of carbonyl (C=O) groups is 2. The Morgan fingerprint density at radius 1 is 1.23 bits per heavy atom. The fraction of sp³-hybridized carbons (Fsp3) is 0.375. The van der Waals surface area contributed by atoms with E-state index in [4.69, 9.17) is 20.5 Å². The van der Waals surface area contributed by atoms with Crippen LogP contribution in [0.1, 0.15) is 53.9 Å². The molecule has 1 unspecified atom stereocenters. The van der Waals surface area contributed by atoms with Gasteiger partial charge in [-0.2, -0.15) is 5.26 Å². The number of methoxy groups -OCH3 is 1. The Hall–Kier alpha value is -3.53. The third-order valence-electron chi connectivity index (χ3n) is 5.42. The minimum Gasteiger partial charge on any atom is -0.497 e. The smallest absolute Gasteiger partial charge is 0.248 e. The van der Waals surface area contributed by atoms with Crippen molar-refractivity contribution in [2.75, 3.05) is 25.2 Å². The number of hydrogen-bond acceptors (Lipinski definition) is 5. The summed E-state index contributed by atoms with van der Waals surface area (Å²) in [6.07, 6.45) is 3.56. The number of amides is 2. The van der Waals surface area contributed by atoms with Crippen molar-refractivity contribution in [2.45, 2.75) is 38.0 Å². The molecule has 0 aromatic heterocycles. The van der Waals surface area contributed by atoms with E-state index in [0.29, 0.717) is 48.7 Å². The van der Waals surface area contributed by atoms with Crippen molar-refractivity contribution in [2.24, 2.45) is 5.73 Å². The molecule has 2 amide bonds. The maximum Gasteiger partial charge on any atom is 0.248 e. The van der Waals surface area contributed by atoms with Gasteiger partial charge in [0.05, 0.1) is 19.8 Å². The van der Waals surface area contributed by atoms with Crippen molar-refractivity contribution in [3.05, 3.63) is 53.6 Å². The van der Waals surface area contributed by atoms with Gasteiger partial charge in [-0.05, 0) is 49.1 Å². The Labute approximate surface area is 182 Å². The molecule has 0 bridgehead atoms. The highest BCUT2D eigenvalue weighted by Crippen LogP contribution is 2.38. The van der Waals surface area contributed by atoms with Crippen LogP contribution in [0.25, 0.3) is 0 Å². The van der Waals surface area contributed by atoms with Gasteiger partial charge in [-0.3, -0.25) is 9.59 Å². The number of benzene rings is 2. The molecule has 1 aliphatic rings. The number of ether oxygens (including phenoxy) is 2. The van der Waals surface area contributed by atoms with E-state index in [9.17, 15) is 9.59 Å². The predicted molar refractivity (Wildman–Crippen MR) is 117 cm³/mol. The molecule has 2 aromatic carbocycles. The first-order chi connectivity index (χ1) is 15.0. The molecule has 0 aliphatic carbocycles. The van der Waals surface area contributed by atoms with Crippen molar-refractivity contribution in [3.8, 4) is 17.6 Å². The minimum absolute atomic E-state index is 0.00936. The molecule has 1 fully saturated rings. The Balaban J connectivity index is 1.74. The van der Waals surface area contributed by atoms with Crippen LogP contribution >= 0.6 is 0 Å². The number of hydrogen-bond donors (Lipinski definition) is 1. The maximum atomic E-state index is 12.8. The van der Waals surface area contributed by atoms with Gasteiger partial charge in [0, 0.05) is 42.6 Å². The third kappa shape index (κ3) is 5.54. The summed E-state index contributed by atoms with van der Waals surface area (Å²) in [4.78, 5) is 25.9. The summed E-state index contributed by atoms with van der Waals surface area (Å²) in [5, 5.41) is 8.63. The van der Waals surface area contributed by atoms with Crippen molar-refractivity contribution in [3.63, 3.8) is 0 Å². The fourth-order valence-corrected chi connectivity index (χ4v) is 3.76. The minimum atomic E-state index is -0.523. The number of anilines is 1. The van der Waals surface area contributed by atoms with Gasteiger partial charge in [0.25, 0.3) is 0 Å². The lowest BCUT2D eigenvalue weighted by Crippen LogP contribution is -2.25. The number of carbonyl (C=O) groups excluding carboxylic acids is 2. The molecule has 1 saturated heterocycles. The van der Waals surface area contributed by atoms with Crippen LogP contribution in [0.4, 0.5) is 5.69 Å². The molecular weight excluding hydrogens is 394 g/mol. The Morgan fingerprint density at radius 3 is 2.81 bits per heavy atom. The highest BCUT2D eigenvalue weighted by atomic mass is 16.5. The average molecular weight is 421 g/mol. The zero-order chi connectivity index (χ0) is 22.2. The van der Waals surface area contributed by atoms with Gasteiger partial charge in [0.2, 0.25) is 11.8 Å². The molecule has 3 rings (SSSR count). The summed E-state index contributed by atoms with van der Waals surface area (Å²) in [7, 11) is 1.60. The molecular formula is C24H27N3O4. The van der Waals surface area contributed by atoms with Gasteiger partial charge < -0.3 is 20.1 Å². The monoisotopic (exact) mass is 421 g/mol. The van der Waals surface area contributed by atoms with Gasteiger partial charge in [-0.15, -0.1) is 0 Å². The summed E-state index contributed by atoms with van der Waals surface area (Å²) in [5.74, 6) is 0.837. The summed E-state index contributed by atoms with van der Waals surface area (Å²) in [5.41, 5.74) is 7.38. The second-order valence-corrected chi connectivity index (χ2v) is 7.54. The Kier molecular flexibility index (Phi) is 7.50. The van der Waals surface area contributed by atoms with E-state index in [0.717, 1.165) is 24.8 Å². The second-order valence-electron chi connectivity index (χ2n) is 7.54. The summed E-state index contributed by atoms with van der Waals surface area (Å²) in [6.45, 7) is 1.03. The summed E-state index contributed by atoms with van der Waals surface area (Å²) >= 11 is 0. The molecule has 0 spiro atoms. The van der Waals surface area contributed by atoms with Gasteiger partial charge in [-0.1, -0.05) is 12.1 Å². The number of primary amides is 1. The van der Waals surface area contributed by atoms with Crippen molar-refractivity contribution in [1.82, 2.24) is 0 Å². The van der Waals surface area contributed by atoms with Crippen LogP contribution in [-0.2, 0) is 4.79 Å². The first kappa shape index (κ1) is 22.2. The molecule has 7 nitrogen and oxygen atoms in total. The molecule has 0 radical (unpaired) electrons. The van der Waals surface area contributed by atoms with E-state index < -0.39 is 5.91 Å². The molecule has 2 aromatic rings. The molecule has 2 N–H and O–H groups in total. The summed E-state index contributed by atoms with van der Waals surface area (Å²) < 4.78 is 11.4. The Morgan fingerprint density at radius 2 is 2.06 bits per heavy atom. The highest BCUT2D eigenvalue weighted by Gasteiger charge is 2.33. The van der Waals surface area contributed by atoms with Crippen LogP contribution in [-0.4, -0.2) is 32.1 Å². The zero-order valence-electron chi connectivity index (χ0n) is 17.7. The maximum absolute atomic E-state index is 12.8. The first-order valence-electron chi connectivity index (χ1n) is 10.4. The number of nitrogens with zero attached hydrogens (tertiary/aromatic N) is 2. The van der Waals surface area contributed by atoms with Gasteiger partial charge in [0.15, 0.2) is 0 Å². The highest BCUT2D eigenvalue weighted by molar-refractivity contribution is 5.99. The van der Waals surface area contributed by atoms with Crippen LogP contribution in [0, 0.1) is 11.3 Å². The van der Waals surface area contributed by atoms with E-state index in [1.54, 1.807) is 36.3 Å². The van der Waals surface area contributed by atoms with E-state index in [-0.39, 0.29) is 11.8 Å². The van der Waals surface area contributed by atoms with Crippen molar-refractivity contribution < 1.29 is 19.1 Å². The molecule has 1 heterocycles. The number of nitriles is 1. The van der Waals surface area contributed by atoms with E-state index in [2.05, 4.69) is 6.07 Å². The van der Waals surface area contributed by atoms with Crippen molar-refractivity contribution >= 4 is 17.5 Å². The molecule has 31 heavy (non-hydrogen) atoms. The van der Waals surface area contributed by atoms with Crippen LogP contribution in [0.3, 0.4) is 0 Å². The average Bonchev–Trinajstić information content (AvgIpc) is 3.17. The van der Waals surface area contributed by atoms with Gasteiger partial charge >= 0.3 is 0 Å². The predicted octanol–water partition coefficient (Wildman–Crippen LogP) is 3.78. The largest absolute Gasteiger partial charge is 0.497 e. The molecule has 1 aliphatic heterocycles. The van der Waals surface area contributed by atoms with Gasteiger partial charge in [-0.25, -0.2) is 0 Å². The lowest BCUT2D eigenvalue weighted by molar-refractivity contribution is -0.117. The third-order valence-corrected chi connectivity index (χ3v) is 5.42. The zero-order valence-corrected chi connectivity index (χ0v) is 17.7. The number of nitrogens with two attached hydrogens (primary N) is 1. The first-order valence-corrected chi connectivity index (χ1v) is 10.4. The molecule has 162 valence electrons. The van der Waals surface area contributed by atoms with Gasteiger partial charge in [0.1, 0.15) is 11.5 Å². The van der Waals surface area contributed by atoms with E-state index >= 15 is 0 Å². The van der Waals surface area contributed by atoms with Crippen LogP contribution < -0.4 is 20.1 Å². The number of unbranched alkanes of at least 4 members (excludes halogenated alkanes) is 3. The standard InChI is InChI=1S/C24H27N3O4/c1-30-20-9-10-21(22(15-20)31-12-5-3-2-4-11-25)18-14-23(28)27(16-18)19-8-6-7-17(13-19)24(26)29/h6-10,13,15,18H,2-5,12,14,16H2,1H3,(H2,26,29). The van der Waals surface area contributed by atoms with E-state index in [1.165, 1.54) is 0 Å². The van der Waals surface area contributed by atoms with Crippen molar-refractivity contribution in [1.29, 1.82) is 5.26 Å².